The summed E-state index contributed by atoms with van der Waals surface area (Å²) in [6.07, 6.45) is 0. The lowest BCUT2D eigenvalue weighted by Gasteiger charge is -2.14. The van der Waals surface area contributed by atoms with Crippen LogP contribution in [0.3, 0.4) is 0 Å². The first kappa shape index (κ1) is 20.5. The molecule has 0 bridgehead atoms. The molecule has 2 aromatic carbocycles. The van der Waals surface area contributed by atoms with Gasteiger partial charge >= 0.3 is 0 Å². The van der Waals surface area contributed by atoms with Crippen LogP contribution in [0.5, 0.6) is 0 Å². The van der Waals surface area contributed by atoms with E-state index in [9.17, 15) is 10.5 Å². The number of nitrogens with zero attached hydrogens (tertiary/aromatic N) is 3. The van der Waals surface area contributed by atoms with E-state index in [0.29, 0.717) is 27.8 Å². The van der Waals surface area contributed by atoms with Crippen LogP contribution in [0, 0.1) is 29.6 Å². The minimum atomic E-state index is 0.154. The van der Waals surface area contributed by atoms with Gasteiger partial charge in [0, 0.05) is 11.3 Å². The van der Waals surface area contributed by atoms with Gasteiger partial charge in [-0.2, -0.15) is 10.5 Å². The Kier molecular flexibility index (Phi) is 6.22. The molecule has 0 fully saturated rings. The lowest BCUT2D eigenvalue weighted by Crippen LogP contribution is -2.03. The second kappa shape index (κ2) is 8.82. The SMILES string of the molecule is Cc1ccccc1CSc1nc(N)c(C#N)c(-c2ccc(C(C)C)cc2)c1C#N. The van der Waals surface area contributed by atoms with Gasteiger partial charge in [0.15, 0.2) is 0 Å². The van der Waals surface area contributed by atoms with Crippen molar-refractivity contribution in [3.63, 3.8) is 0 Å². The zero-order valence-electron chi connectivity index (χ0n) is 16.7. The van der Waals surface area contributed by atoms with Crippen molar-refractivity contribution >= 4 is 17.6 Å². The Balaban J connectivity index is 2.09. The van der Waals surface area contributed by atoms with Gasteiger partial charge in [-0.1, -0.05) is 62.4 Å². The van der Waals surface area contributed by atoms with E-state index in [1.54, 1.807) is 0 Å². The molecule has 3 rings (SSSR count). The monoisotopic (exact) mass is 398 g/mol. The highest BCUT2D eigenvalue weighted by Gasteiger charge is 2.20. The molecular weight excluding hydrogens is 376 g/mol. The molecule has 0 radical (unpaired) electrons. The van der Waals surface area contributed by atoms with Crippen LogP contribution in [0.1, 0.15) is 47.6 Å². The molecule has 0 saturated heterocycles. The number of thioether (sulfide) groups is 1. The van der Waals surface area contributed by atoms with E-state index in [2.05, 4.69) is 50.0 Å². The van der Waals surface area contributed by atoms with Crippen molar-refractivity contribution < 1.29 is 0 Å². The highest BCUT2D eigenvalue weighted by atomic mass is 32.2. The third-order valence-electron chi connectivity index (χ3n) is 4.91. The fourth-order valence-corrected chi connectivity index (χ4v) is 4.22. The van der Waals surface area contributed by atoms with Gasteiger partial charge < -0.3 is 5.73 Å². The predicted molar refractivity (Wildman–Crippen MR) is 118 cm³/mol. The second-order valence-electron chi connectivity index (χ2n) is 7.14. The van der Waals surface area contributed by atoms with Gasteiger partial charge in [-0.3, -0.25) is 0 Å². The lowest BCUT2D eigenvalue weighted by atomic mass is 9.94. The van der Waals surface area contributed by atoms with Gasteiger partial charge in [-0.25, -0.2) is 4.98 Å². The maximum Gasteiger partial charge on any atom is 0.143 e. The fourth-order valence-electron chi connectivity index (χ4n) is 3.14. The fraction of sp³-hybridized carbons (Fsp3) is 0.208. The van der Waals surface area contributed by atoms with Crippen LogP contribution in [-0.2, 0) is 5.75 Å². The van der Waals surface area contributed by atoms with E-state index >= 15 is 0 Å². The average molecular weight is 399 g/mol. The number of nitrogens with two attached hydrogens (primary N) is 1. The second-order valence-corrected chi connectivity index (χ2v) is 8.11. The third kappa shape index (κ3) is 4.26. The summed E-state index contributed by atoms with van der Waals surface area (Å²) >= 11 is 1.47. The van der Waals surface area contributed by atoms with Gasteiger partial charge in [0.1, 0.15) is 28.5 Å². The molecule has 5 heteroatoms. The molecule has 0 atom stereocenters. The standard InChI is InChI=1S/C24H22N4S/c1-15(2)17-8-10-18(11-9-17)22-20(12-25)23(27)28-24(21(22)13-26)29-14-19-7-5-4-6-16(19)3/h4-11,15H,14H2,1-3H3,(H2,27,28). The minimum absolute atomic E-state index is 0.154. The van der Waals surface area contributed by atoms with Crippen molar-refractivity contribution in [1.82, 2.24) is 4.98 Å². The summed E-state index contributed by atoms with van der Waals surface area (Å²) < 4.78 is 0. The summed E-state index contributed by atoms with van der Waals surface area (Å²) in [4.78, 5) is 4.39. The molecule has 0 aliphatic rings. The molecule has 1 heterocycles. The highest BCUT2D eigenvalue weighted by molar-refractivity contribution is 7.98. The zero-order valence-corrected chi connectivity index (χ0v) is 17.5. The number of anilines is 1. The first-order chi connectivity index (χ1) is 14.0. The molecule has 0 aliphatic heterocycles. The molecule has 2 N–H and O–H groups in total. The van der Waals surface area contributed by atoms with Crippen molar-refractivity contribution in [1.29, 1.82) is 10.5 Å². The van der Waals surface area contributed by atoms with Gasteiger partial charge in [-0.15, -0.1) is 11.8 Å². The van der Waals surface area contributed by atoms with Crippen LogP contribution < -0.4 is 5.73 Å². The molecule has 0 spiro atoms. The third-order valence-corrected chi connectivity index (χ3v) is 5.93. The molecule has 1 aromatic heterocycles. The number of nitrogen functional groups attached to an aromatic ring is 1. The lowest BCUT2D eigenvalue weighted by molar-refractivity contribution is 0.867. The molecule has 0 amide bonds. The molecular formula is C24H22N4S. The maximum atomic E-state index is 9.91. The van der Waals surface area contributed by atoms with E-state index in [4.69, 9.17) is 5.73 Å². The molecule has 0 saturated carbocycles. The molecule has 0 unspecified atom stereocenters. The Morgan fingerprint density at radius 1 is 1.00 bits per heavy atom. The normalized spacial score (nSPS) is 10.6. The Bertz CT molecular complexity index is 1120. The first-order valence-corrected chi connectivity index (χ1v) is 10.4. The Labute approximate surface area is 176 Å². The van der Waals surface area contributed by atoms with Crippen molar-refractivity contribution in [3.05, 3.63) is 76.3 Å². The predicted octanol–water partition coefficient (Wildman–Crippen LogP) is 5.80. The van der Waals surface area contributed by atoms with E-state index in [1.807, 2.05) is 36.4 Å². The van der Waals surface area contributed by atoms with Gasteiger partial charge in [-0.05, 0) is 35.1 Å². The van der Waals surface area contributed by atoms with Crippen molar-refractivity contribution in [2.75, 3.05) is 5.73 Å². The number of pyridine rings is 1. The minimum Gasteiger partial charge on any atom is -0.383 e. The van der Waals surface area contributed by atoms with E-state index in [0.717, 1.165) is 5.56 Å². The van der Waals surface area contributed by atoms with Crippen molar-refractivity contribution in [2.45, 2.75) is 37.5 Å². The van der Waals surface area contributed by atoms with Crippen LogP contribution in [-0.4, -0.2) is 4.98 Å². The number of rotatable bonds is 5. The largest absolute Gasteiger partial charge is 0.383 e. The molecule has 144 valence electrons. The Morgan fingerprint density at radius 2 is 1.66 bits per heavy atom. The van der Waals surface area contributed by atoms with Crippen LogP contribution in [0.15, 0.2) is 53.6 Å². The smallest absolute Gasteiger partial charge is 0.143 e. The van der Waals surface area contributed by atoms with Crippen LogP contribution in [0.25, 0.3) is 11.1 Å². The maximum absolute atomic E-state index is 9.91. The Morgan fingerprint density at radius 3 is 2.24 bits per heavy atom. The molecule has 4 nitrogen and oxygen atoms in total. The number of aryl methyl sites for hydroxylation is 1. The number of hydrogen-bond donors (Lipinski definition) is 1. The summed E-state index contributed by atoms with van der Waals surface area (Å²) in [6.45, 7) is 6.31. The van der Waals surface area contributed by atoms with E-state index in [-0.39, 0.29) is 11.4 Å². The summed E-state index contributed by atoms with van der Waals surface area (Å²) in [5.41, 5.74) is 11.7. The number of benzene rings is 2. The molecule has 29 heavy (non-hydrogen) atoms. The first-order valence-electron chi connectivity index (χ1n) is 9.37. The summed E-state index contributed by atoms with van der Waals surface area (Å²) in [6, 6.07) is 20.5. The summed E-state index contributed by atoms with van der Waals surface area (Å²) in [5.74, 6) is 1.23. The molecule has 3 aromatic rings. The zero-order chi connectivity index (χ0) is 21.0. The number of aromatic nitrogens is 1. The van der Waals surface area contributed by atoms with Gasteiger partial charge in [0.05, 0.1) is 5.56 Å². The van der Waals surface area contributed by atoms with Crippen LogP contribution >= 0.6 is 11.8 Å². The Hall–Kier alpha value is -3.28. The number of nitriles is 2. The molecule has 0 aliphatic carbocycles. The number of hydrogen-bond acceptors (Lipinski definition) is 5. The van der Waals surface area contributed by atoms with Crippen molar-refractivity contribution in [2.24, 2.45) is 0 Å². The quantitative estimate of drug-likeness (QED) is 0.549. The van der Waals surface area contributed by atoms with Gasteiger partial charge in [0.2, 0.25) is 0 Å². The van der Waals surface area contributed by atoms with E-state index < -0.39 is 0 Å². The van der Waals surface area contributed by atoms with Crippen molar-refractivity contribution in [3.8, 4) is 23.3 Å². The van der Waals surface area contributed by atoms with E-state index in [1.165, 1.54) is 28.5 Å². The van der Waals surface area contributed by atoms with Crippen LogP contribution in [0.4, 0.5) is 5.82 Å². The summed E-state index contributed by atoms with van der Waals surface area (Å²) in [7, 11) is 0. The van der Waals surface area contributed by atoms with Crippen LogP contribution in [0.2, 0.25) is 0 Å². The average Bonchev–Trinajstić information content (AvgIpc) is 2.72. The summed E-state index contributed by atoms with van der Waals surface area (Å²) in [5, 5.41) is 20.1. The van der Waals surface area contributed by atoms with Gasteiger partial charge in [0.25, 0.3) is 0 Å². The topological polar surface area (TPSA) is 86.5 Å². The highest BCUT2D eigenvalue weighted by Crippen LogP contribution is 2.37.